The van der Waals surface area contributed by atoms with Crippen LogP contribution in [0.2, 0.25) is 0 Å². The second-order valence-electron chi connectivity index (χ2n) is 4.42. The molecule has 0 saturated heterocycles. The topological polar surface area (TPSA) is 3.24 Å². The van der Waals surface area contributed by atoms with Crippen molar-refractivity contribution in [3.63, 3.8) is 0 Å². The highest BCUT2D eigenvalue weighted by molar-refractivity contribution is 5.40. The van der Waals surface area contributed by atoms with E-state index in [1.54, 1.807) is 12.1 Å². The molecule has 1 nitrogen and oxygen atoms in total. The van der Waals surface area contributed by atoms with Crippen molar-refractivity contribution in [2.75, 3.05) is 20.6 Å². The van der Waals surface area contributed by atoms with E-state index < -0.39 is 0 Å². The Balaban J connectivity index is 2.14. The van der Waals surface area contributed by atoms with Crippen LogP contribution in [0.25, 0.3) is 0 Å². The van der Waals surface area contributed by atoms with Crippen LogP contribution in [-0.4, -0.2) is 25.5 Å². The average molecular weight is 217 g/mol. The minimum atomic E-state index is -0.166. The fourth-order valence-electron chi connectivity index (χ4n) is 1.96. The fourth-order valence-corrected chi connectivity index (χ4v) is 1.96. The average Bonchev–Trinajstić information content (AvgIpc) is 2.65. The van der Waals surface area contributed by atoms with E-state index in [1.165, 1.54) is 11.6 Å². The first kappa shape index (κ1) is 11.1. The van der Waals surface area contributed by atoms with Crippen molar-refractivity contribution in [1.82, 2.24) is 4.90 Å². The van der Waals surface area contributed by atoms with Gasteiger partial charge < -0.3 is 4.90 Å². The van der Waals surface area contributed by atoms with Crippen LogP contribution in [0.1, 0.15) is 11.5 Å². The molecule has 0 bridgehead atoms. The molecule has 1 aromatic carbocycles. The predicted molar refractivity (Wildman–Crippen MR) is 64.9 cm³/mol. The Hall–Kier alpha value is -1.41. The summed E-state index contributed by atoms with van der Waals surface area (Å²) in [6.07, 6.45) is 6.43. The number of hydrogen-bond donors (Lipinski definition) is 0. The highest BCUT2D eigenvalue weighted by Crippen LogP contribution is 2.26. The summed E-state index contributed by atoms with van der Waals surface area (Å²) in [5.41, 5.74) is 2.31. The molecule has 0 saturated carbocycles. The molecular formula is C14H16FN. The van der Waals surface area contributed by atoms with Gasteiger partial charge in [-0.1, -0.05) is 30.4 Å². The van der Waals surface area contributed by atoms with Gasteiger partial charge in [0.2, 0.25) is 0 Å². The van der Waals surface area contributed by atoms with Crippen molar-refractivity contribution in [1.29, 1.82) is 0 Å². The molecule has 2 rings (SSSR count). The molecule has 1 aromatic rings. The standard InChI is InChI=1S/C14H16FN/c1-16(2)10-11-6-7-13(8-11)12-4-3-5-14(15)9-12/h3-9,13H,10H2,1-2H3. The third-order valence-electron chi connectivity index (χ3n) is 2.64. The Kier molecular flexibility index (Phi) is 3.20. The van der Waals surface area contributed by atoms with E-state index in [0.717, 1.165) is 12.1 Å². The lowest BCUT2D eigenvalue weighted by atomic mass is 10.0. The predicted octanol–water partition coefficient (Wildman–Crippen LogP) is 2.97. The fraction of sp³-hybridized carbons (Fsp3) is 0.286. The molecule has 0 aromatic heterocycles. The van der Waals surface area contributed by atoms with Crippen LogP contribution in [0.3, 0.4) is 0 Å². The van der Waals surface area contributed by atoms with E-state index in [4.69, 9.17) is 0 Å². The van der Waals surface area contributed by atoms with Crippen LogP contribution >= 0.6 is 0 Å². The molecule has 1 atom stereocenters. The van der Waals surface area contributed by atoms with Gasteiger partial charge in [-0.15, -0.1) is 0 Å². The molecule has 0 spiro atoms. The normalized spacial score (nSPS) is 19.2. The van der Waals surface area contributed by atoms with Gasteiger partial charge in [-0.25, -0.2) is 4.39 Å². The molecule has 1 aliphatic carbocycles. The summed E-state index contributed by atoms with van der Waals surface area (Å²) in [6.45, 7) is 0.933. The maximum atomic E-state index is 13.1. The van der Waals surface area contributed by atoms with Gasteiger partial charge in [-0.3, -0.25) is 0 Å². The van der Waals surface area contributed by atoms with E-state index in [0.29, 0.717) is 0 Å². The molecule has 0 amide bonds. The van der Waals surface area contributed by atoms with Crippen molar-refractivity contribution in [2.45, 2.75) is 5.92 Å². The molecule has 0 heterocycles. The number of hydrogen-bond acceptors (Lipinski definition) is 1. The lowest BCUT2D eigenvalue weighted by Crippen LogP contribution is -2.13. The zero-order valence-electron chi connectivity index (χ0n) is 9.65. The molecule has 84 valence electrons. The first-order valence-electron chi connectivity index (χ1n) is 5.44. The van der Waals surface area contributed by atoms with E-state index in [9.17, 15) is 4.39 Å². The van der Waals surface area contributed by atoms with E-state index in [2.05, 4.69) is 23.1 Å². The van der Waals surface area contributed by atoms with Crippen molar-refractivity contribution in [3.05, 3.63) is 59.4 Å². The smallest absolute Gasteiger partial charge is 0.123 e. The van der Waals surface area contributed by atoms with E-state index >= 15 is 0 Å². The molecule has 1 unspecified atom stereocenters. The number of likely N-dealkylation sites (N-methyl/N-ethyl adjacent to an activating group) is 1. The van der Waals surface area contributed by atoms with Crippen LogP contribution < -0.4 is 0 Å². The van der Waals surface area contributed by atoms with Crippen LogP contribution in [0.5, 0.6) is 0 Å². The number of benzene rings is 1. The number of nitrogens with zero attached hydrogens (tertiary/aromatic N) is 1. The molecule has 16 heavy (non-hydrogen) atoms. The summed E-state index contributed by atoms with van der Waals surface area (Å²) in [5, 5.41) is 0. The summed E-state index contributed by atoms with van der Waals surface area (Å²) in [7, 11) is 4.09. The Morgan fingerprint density at radius 3 is 2.81 bits per heavy atom. The summed E-state index contributed by atoms with van der Waals surface area (Å²) >= 11 is 0. The molecule has 0 radical (unpaired) electrons. The SMILES string of the molecule is CN(C)CC1=CC(c2cccc(F)c2)C=C1. The van der Waals surface area contributed by atoms with Crippen molar-refractivity contribution >= 4 is 0 Å². The molecule has 0 aliphatic heterocycles. The van der Waals surface area contributed by atoms with Crippen LogP contribution in [-0.2, 0) is 0 Å². The van der Waals surface area contributed by atoms with Gasteiger partial charge in [0.05, 0.1) is 0 Å². The van der Waals surface area contributed by atoms with Gasteiger partial charge in [0, 0.05) is 12.5 Å². The maximum Gasteiger partial charge on any atom is 0.123 e. The Bertz CT molecular complexity index is 432. The number of allylic oxidation sites excluding steroid dienone is 2. The van der Waals surface area contributed by atoms with Gasteiger partial charge in [-0.2, -0.15) is 0 Å². The molecule has 2 heteroatoms. The summed E-state index contributed by atoms with van der Waals surface area (Å²) in [6, 6.07) is 6.81. The second kappa shape index (κ2) is 4.62. The molecule has 0 fully saturated rings. The van der Waals surface area contributed by atoms with Gasteiger partial charge in [0.25, 0.3) is 0 Å². The molecular weight excluding hydrogens is 201 g/mol. The van der Waals surface area contributed by atoms with E-state index in [1.807, 2.05) is 20.2 Å². The summed E-state index contributed by atoms with van der Waals surface area (Å²) in [5.74, 6) is 0.0611. The second-order valence-corrected chi connectivity index (χ2v) is 4.42. The van der Waals surface area contributed by atoms with E-state index in [-0.39, 0.29) is 11.7 Å². The zero-order chi connectivity index (χ0) is 11.5. The Morgan fingerprint density at radius 1 is 1.31 bits per heavy atom. The Morgan fingerprint density at radius 2 is 2.12 bits per heavy atom. The van der Waals surface area contributed by atoms with Crippen molar-refractivity contribution in [2.24, 2.45) is 0 Å². The quantitative estimate of drug-likeness (QED) is 0.752. The van der Waals surface area contributed by atoms with Crippen LogP contribution in [0.15, 0.2) is 48.1 Å². The van der Waals surface area contributed by atoms with Gasteiger partial charge in [0.15, 0.2) is 0 Å². The van der Waals surface area contributed by atoms with Crippen molar-refractivity contribution in [3.8, 4) is 0 Å². The van der Waals surface area contributed by atoms with Crippen molar-refractivity contribution < 1.29 is 4.39 Å². The minimum Gasteiger partial charge on any atom is -0.305 e. The summed E-state index contributed by atoms with van der Waals surface area (Å²) in [4.78, 5) is 2.13. The Labute approximate surface area is 95.9 Å². The first-order chi connectivity index (χ1) is 7.65. The zero-order valence-corrected chi connectivity index (χ0v) is 9.65. The van der Waals surface area contributed by atoms with Gasteiger partial charge in [-0.05, 0) is 37.4 Å². The van der Waals surface area contributed by atoms with Gasteiger partial charge >= 0.3 is 0 Å². The maximum absolute atomic E-state index is 13.1. The number of halogens is 1. The lowest BCUT2D eigenvalue weighted by molar-refractivity contribution is 0.449. The number of rotatable bonds is 3. The summed E-state index contributed by atoms with van der Waals surface area (Å²) < 4.78 is 13.1. The monoisotopic (exact) mass is 217 g/mol. The highest BCUT2D eigenvalue weighted by atomic mass is 19.1. The first-order valence-corrected chi connectivity index (χ1v) is 5.44. The van der Waals surface area contributed by atoms with Gasteiger partial charge in [0.1, 0.15) is 5.82 Å². The highest BCUT2D eigenvalue weighted by Gasteiger charge is 2.12. The molecule has 1 aliphatic rings. The lowest BCUT2D eigenvalue weighted by Gasteiger charge is -2.09. The largest absolute Gasteiger partial charge is 0.305 e. The molecule has 0 N–H and O–H groups in total. The van der Waals surface area contributed by atoms with Crippen LogP contribution in [0.4, 0.5) is 4.39 Å². The third kappa shape index (κ3) is 2.58. The minimum absolute atomic E-state index is 0.166. The third-order valence-corrected chi connectivity index (χ3v) is 2.64. The van der Waals surface area contributed by atoms with Crippen LogP contribution in [0, 0.1) is 5.82 Å².